The Hall–Kier alpha value is -2.04. The molecule has 3 N–H and O–H groups in total. The molecule has 0 aliphatic carbocycles. The predicted octanol–water partition coefficient (Wildman–Crippen LogP) is 1.58. The zero-order valence-corrected chi connectivity index (χ0v) is 11.6. The van der Waals surface area contributed by atoms with Gasteiger partial charge in [0.2, 0.25) is 5.91 Å². The van der Waals surface area contributed by atoms with E-state index in [0.29, 0.717) is 12.0 Å². The number of amidine groups is 1. The summed E-state index contributed by atoms with van der Waals surface area (Å²) in [7, 11) is 1.82. The number of likely N-dealkylation sites (N-methyl/N-ethyl adjacent to an activating group) is 1. The smallest absolute Gasteiger partial charge is 0.226 e. The minimum absolute atomic E-state index is 0.0644. The van der Waals surface area contributed by atoms with Gasteiger partial charge in [0.15, 0.2) is 5.84 Å². The minimum atomic E-state index is 0.0644. The Morgan fingerprint density at radius 3 is 2.47 bits per heavy atom. The third-order valence-electron chi connectivity index (χ3n) is 3.36. The molecule has 1 amide bonds. The van der Waals surface area contributed by atoms with E-state index in [1.165, 1.54) is 0 Å². The van der Waals surface area contributed by atoms with Crippen LogP contribution in [0.4, 0.5) is 0 Å². The van der Waals surface area contributed by atoms with Crippen LogP contribution in [0.3, 0.4) is 0 Å². The lowest BCUT2D eigenvalue weighted by Crippen LogP contribution is -2.35. The molecule has 19 heavy (non-hydrogen) atoms. The molecule has 1 atom stereocenters. The van der Waals surface area contributed by atoms with Crippen molar-refractivity contribution in [2.45, 2.75) is 32.7 Å². The van der Waals surface area contributed by atoms with Gasteiger partial charge in [0, 0.05) is 18.7 Å². The van der Waals surface area contributed by atoms with Crippen LogP contribution in [0, 0.1) is 0 Å². The third-order valence-corrected chi connectivity index (χ3v) is 3.36. The van der Waals surface area contributed by atoms with E-state index in [0.717, 1.165) is 12.0 Å². The van der Waals surface area contributed by atoms with Crippen LogP contribution in [-0.4, -0.2) is 34.9 Å². The number of hydrogen-bond acceptors (Lipinski definition) is 3. The van der Waals surface area contributed by atoms with Crippen LogP contribution >= 0.6 is 0 Å². The molecule has 0 saturated heterocycles. The summed E-state index contributed by atoms with van der Waals surface area (Å²) < 4.78 is 0. The molecule has 1 aromatic carbocycles. The van der Waals surface area contributed by atoms with Gasteiger partial charge in [-0.15, -0.1) is 0 Å². The van der Waals surface area contributed by atoms with Crippen LogP contribution in [0.1, 0.15) is 31.4 Å². The Bertz CT molecular complexity index is 454. The normalized spacial score (nSPS) is 13.1. The molecule has 0 bridgehead atoms. The van der Waals surface area contributed by atoms with Crippen molar-refractivity contribution >= 4 is 11.7 Å². The van der Waals surface area contributed by atoms with E-state index in [-0.39, 0.29) is 17.8 Å². The van der Waals surface area contributed by atoms with Gasteiger partial charge in [-0.05, 0) is 18.9 Å². The lowest BCUT2D eigenvalue weighted by atomic mass is 10.1. The minimum Gasteiger partial charge on any atom is -0.409 e. The first kappa shape index (κ1) is 15.0. The molecule has 0 heterocycles. The number of nitrogens with two attached hydrogens (primary N) is 1. The summed E-state index contributed by atoms with van der Waals surface area (Å²) in [6, 6.07) is 7.34. The molecule has 0 aliphatic rings. The Morgan fingerprint density at radius 1 is 1.42 bits per heavy atom. The van der Waals surface area contributed by atoms with Crippen molar-refractivity contribution in [3.63, 3.8) is 0 Å². The van der Waals surface area contributed by atoms with Crippen molar-refractivity contribution in [2.24, 2.45) is 10.9 Å². The first-order valence-electron chi connectivity index (χ1n) is 6.32. The maximum atomic E-state index is 12.0. The van der Waals surface area contributed by atoms with Gasteiger partial charge in [0.25, 0.3) is 0 Å². The number of hydrogen-bond donors (Lipinski definition) is 2. The van der Waals surface area contributed by atoms with E-state index in [1.54, 1.807) is 17.0 Å². The van der Waals surface area contributed by atoms with Crippen molar-refractivity contribution in [3.8, 4) is 0 Å². The summed E-state index contributed by atoms with van der Waals surface area (Å²) in [5.41, 5.74) is 7.02. The fraction of sp³-hybridized carbons (Fsp3) is 0.429. The SMILES string of the molecule is CCC(C)N(C)C(=O)Cc1ccc(C(N)=NO)cc1. The highest BCUT2D eigenvalue weighted by atomic mass is 16.4. The van der Waals surface area contributed by atoms with Gasteiger partial charge in [0.05, 0.1) is 6.42 Å². The van der Waals surface area contributed by atoms with Gasteiger partial charge in [-0.1, -0.05) is 36.3 Å². The predicted molar refractivity (Wildman–Crippen MR) is 75.2 cm³/mol. The second kappa shape index (κ2) is 6.78. The summed E-state index contributed by atoms with van der Waals surface area (Å²) in [6.07, 6.45) is 1.29. The molecule has 104 valence electrons. The van der Waals surface area contributed by atoms with E-state index in [2.05, 4.69) is 12.1 Å². The first-order chi connectivity index (χ1) is 8.99. The first-order valence-corrected chi connectivity index (χ1v) is 6.32. The standard InChI is InChI=1S/C14H21N3O2/c1-4-10(2)17(3)13(18)9-11-5-7-12(8-6-11)14(15)16-19/h5-8,10,19H,4,9H2,1-3H3,(H2,15,16). The van der Waals surface area contributed by atoms with Gasteiger partial charge >= 0.3 is 0 Å². The zero-order valence-electron chi connectivity index (χ0n) is 11.6. The maximum absolute atomic E-state index is 12.0. The van der Waals surface area contributed by atoms with E-state index >= 15 is 0 Å². The molecule has 0 saturated carbocycles. The number of amides is 1. The second-order valence-corrected chi connectivity index (χ2v) is 4.62. The molecular formula is C14H21N3O2. The van der Waals surface area contributed by atoms with E-state index in [4.69, 9.17) is 10.9 Å². The van der Waals surface area contributed by atoms with Crippen LogP contribution < -0.4 is 5.73 Å². The molecule has 1 unspecified atom stereocenters. The van der Waals surface area contributed by atoms with Gasteiger partial charge < -0.3 is 15.8 Å². The summed E-state index contributed by atoms with van der Waals surface area (Å²) >= 11 is 0. The average molecular weight is 263 g/mol. The highest BCUT2D eigenvalue weighted by molar-refractivity contribution is 5.97. The second-order valence-electron chi connectivity index (χ2n) is 4.62. The van der Waals surface area contributed by atoms with Gasteiger partial charge in [-0.25, -0.2) is 0 Å². The Labute approximate surface area is 113 Å². The fourth-order valence-electron chi connectivity index (χ4n) is 1.67. The molecule has 1 rings (SSSR count). The van der Waals surface area contributed by atoms with Gasteiger partial charge in [-0.2, -0.15) is 0 Å². The van der Waals surface area contributed by atoms with Crippen molar-refractivity contribution in [2.75, 3.05) is 7.05 Å². The number of rotatable bonds is 5. The molecule has 0 aliphatic heterocycles. The number of carbonyl (C=O) groups is 1. The summed E-state index contributed by atoms with van der Waals surface area (Å²) in [5.74, 6) is 0.153. The Kier molecular flexibility index (Phi) is 5.36. The Balaban J connectivity index is 2.70. The van der Waals surface area contributed by atoms with Crippen LogP contribution in [0.5, 0.6) is 0 Å². The number of oxime groups is 1. The summed E-state index contributed by atoms with van der Waals surface area (Å²) in [4.78, 5) is 13.8. The third kappa shape index (κ3) is 3.98. The number of nitrogens with zero attached hydrogens (tertiary/aromatic N) is 2. The summed E-state index contributed by atoms with van der Waals surface area (Å²) in [6.45, 7) is 4.08. The lowest BCUT2D eigenvalue weighted by molar-refractivity contribution is -0.130. The molecule has 5 heteroatoms. The average Bonchev–Trinajstić information content (AvgIpc) is 2.45. The monoisotopic (exact) mass is 263 g/mol. The van der Waals surface area contributed by atoms with Crippen LogP contribution in [0.25, 0.3) is 0 Å². The molecule has 0 aromatic heterocycles. The highest BCUT2D eigenvalue weighted by Crippen LogP contribution is 2.08. The maximum Gasteiger partial charge on any atom is 0.226 e. The van der Waals surface area contributed by atoms with E-state index in [9.17, 15) is 4.79 Å². The lowest BCUT2D eigenvalue weighted by Gasteiger charge is -2.23. The molecule has 0 fully saturated rings. The highest BCUT2D eigenvalue weighted by Gasteiger charge is 2.14. The molecule has 1 aromatic rings. The molecule has 0 spiro atoms. The topological polar surface area (TPSA) is 78.9 Å². The van der Waals surface area contributed by atoms with Crippen molar-refractivity contribution in [1.29, 1.82) is 0 Å². The van der Waals surface area contributed by atoms with Gasteiger partial charge in [0.1, 0.15) is 0 Å². The van der Waals surface area contributed by atoms with Crippen LogP contribution in [0.15, 0.2) is 29.4 Å². The quantitative estimate of drug-likeness (QED) is 0.366. The van der Waals surface area contributed by atoms with Crippen LogP contribution in [0.2, 0.25) is 0 Å². The molecular weight excluding hydrogens is 242 g/mol. The molecule has 5 nitrogen and oxygen atoms in total. The number of benzene rings is 1. The van der Waals surface area contributed by atoms with Crippen molar-refractivity contribution < 1.29 is 10.0 Å². The van der Waals surface area contributed by atoms with E-state index < -0.39 is 0 Å². The van der Waals surface area contributed by atoms with Crippen LogP contribution in [-0.2, 0) is 11.2 Å². The van der Waals surface area contributed by atoms with E-state index in [1.807, 2.05) is 26.1 Å². The van der Waals surface area contributed by atoms with Gasteiger partial charge in [-0.3, -0.25) is 4.79 Å². The van der Waals surface area contributed by atoms with Crippen molar-refractivity contribution in [1.82, 2.24) is 4.90 Å². The number of carbonyl (C=O) groups excluding carboxylic acids is 1. The zero-order chi connectivity index (χ0) is 14.4. The summed E-state index contributed by atoms with van der Waals surface area (Å²) in [5, 5.41) is 11.5. The largest absolute Gasteiger partial charge is 0.409 e. The fourth-order valence-corrected chi connectivity index (χ4v) is 1.67. The van der Waals surface area contributed by atoms with Crippen molar-refractivity contribution in [3.05, 3.63) is 35.4 Å². The Morgan fingerprint density at radius 2 is 2.00 bits per heavy atom. The molecule has 0 radical (unpaired) electrons.